The molecule has 0 bridgehead atoms. The van der Waals surface area contributed by atoms with E-state index in [1.165, 1.54) is 14.2 Å². The zero-order chi connectivity index (χ0) is 15.9. The zero-order valence-corrected chi connectivity index (χ0v) is 12.6. The van der Waals surface area contributed by atoms with Crippen molar-refractivity contribution in [2.45, 2.75) is 0 Å². The largest absolute Gasteiger partial charge is 0.484 e. The summed E-state index contributed by atoms with van der Waals surface area (Å²) in [6, 6.07) is 0. The lowest BCUT2D eigenvalue weighted by atomic mass is 10.4. The Kier molecular flexibility index (Phi) is 12.3. The van der Waals surface area contributed by atoms with E-state index in [-0.39, 0.29) is 19.0 Å². The first-order valence-electron chi connectivity index (χ1n) is 6.30. The molecule has 0 saturated carbocycles. The first-order valence-corrected chi connectivity index (χ1v) is 6.30. The summed E-state index contributed by atoms with van der Waals surface area (Å²) in [5, 5.41) is 0. The molecule has 0 rings (SSSR count). The number of ether oxygens (including phenoxy) is 6. The Morgan fingerprint density at radius 3 is 1.90 bits per heavy atom. The molecule has 0 aliphatic carbocycles. The third kappa shape index (κ3) is 10.8. The maximum Gasteiger partial charge on any atom is 0.373 e. The summed E-state index contributed by atoms with van der Waals surface area (Å²) in [4.78, 5) is 22.4. The van der Waals surface area contributed by atoms with Gasteiger partial charge in [-0.05, 0) is 0 Å². The van der Waals surface area contributed by atoms with Crippen LogP contribution in [-0.2, 0) is 38.0 Å². The molecule has 0 aliphatic heterocycles. The Balaban J connectivity index is 3.82. The number of esters is 2. The molecule has 122 valence electrons. The number of hydrogen-bond acceptors (Lipinski definition) is 8. The third-order valence-corrected chi connectivity index (χ3v) is 2.13. The molecule has 8 heteroatoms. The average Bonchev–Trinajstić information content (AvgIpc) is 2.51. The maximum atomic E-state index is 11.3. The van der Waals surface area contributed by atoms with Crippen molar-refractivity contribution < 1.29 is 38.0 Å². The highest BCUT2D eigenvalue weighted by atomic mass is 16.6. The highest BCUT2D eigenvalue weighted by molar-refractivity contribution is 5.94. The molecule has 0 atom stereocenters. The SMILES string of the molecule is COCCOCCOCCO/C(=C/C(=O)OC)C(=O)OC. The zero-order valence-electron chi connectivity index (χ0n) is 12.6. The van der Waals surface area contributed by atoms with E-state index in [0.29, 0.717) is 26.4 Å². The molecule has 0 unspecified atom stereocenters. The predicted molar refractivity (Wildman–Crippen MR) is 71.6 cm³/mol. The number of hydrogen-bond donors (Lipinski definition) is 0. The van der Waals surface area contributed by atoms with Crippen LogP contribution in [-0.4, -0.2) is 72.9 Å². The van der Waals surface area contributed by atoms with E-state index in [4.69, 9.17) is 18.9 Å². The average molecular weight is 306 g/mol. The quantitative estimate of drug-likeness (QED) is 0.214. The smallest absolute Gasteiger partial charge is 0.373 e. The predicted octanol–water partition coefficient (Wildman–Crippen LogP) is -0.0875. The Morgan fingerprint density at radius 1 is 0.810 bits per heavy atom. The monoisotopic (exact) mass is 306 g/mol. The minimum absolute atomic E-state index is 0.0933. The van der Waals surface area contributed by atoms with Gasteiger partial charge in [-0.3, -0.25) is 0 Å². The van der Waals surface area contributed by atoms with E-state index >= 15 is 0 Å². The van der Waals surface area contributed by atoms with E-state index in [2.05, 4.69) is 9.47 Å². The fourth-order valence-corrected chi connectivity index (χ4v) is 1.10. The summed E-state index contributed by atoms with van der Waals surface area (Å²) in [5.41, 5.74) is 0. The molecular weight excluding hydrogens is 284 g/mol. The van der Waals surface area contributed by atoms with Gasteiger partial charge >= 0.3 is 11.9 Å². The van der Waals surface area contributed by atoms with Crippen molar-refractivity contribution in [3.8, 4) is 0 Å². The van der Waals surface area contributed by atoms with Gasteiger partial charge in [0.05, 0.1) is 53.3 Å². The molecule has 0 fully saturated rings. The van der Waals surface area contributed by atoms with Gasteiger partial charge in [0, 0.05) is 7.11 Å². The van der Waals surface area contributed by atoms with Crippen molar-refractivity contribution >= 4 is 11.9 Å². The summed E-state index contributed by atoms with van der Waals surface area (Å²) in [7, 11) is 3.98. The molecule has 0 heterocycles. The minimum atomic E-state index is -0.761. The fraction of sp³-hybridized carbons (Fsp3) is 0.692. The van der Waals surface area contributed by atoms with Crippen molar-refractivity contribution in [2.75, 3.05) is 61.0 Å². The van der Waals surface area contributed by atoms with Crippen LogP contribution in [0.4, 0.5) is 0 Å². The number of carbonyl (C=O) groups excluding carboxylic acids is 2. The first kappa shape index (κ1) is 19.4. The van der Waals surface area contributed by atoms with Crippen molar-refractivity contribution in [3.05, 3.63) is 11.8 Å². The molecular formula is C13H22O8. The summed E-state index contributed by atoms with van der Waals surface area (Å²) in [6.07, 6.45) is 0.916. The van der Waals surface area contributed by atoms with Crippen molar-refractivity contribution in [3.63, 3.8) is 0 Å². The van der Waals surface area contributed by atoms with Crippen LogP contribution < -0.4 is 0 Å². The summed E-state index contributed by atoms with van der Waals surface area (Å²) in [6.45, 7) is 2.19. The minimum Gasteiger partial charge on any atom is -0.484 e. The molecule has 8 nitrogen and oxygen atoms in total. The number of methoxy groups -OCH3 is 3. The summed E-state index contributed by atoms with van der Waals surface area (Å²) < 4.78 is 29.2. The van der Waals surface area contributed by atoms with Gasteiger partial charge in [-0.1, -0.05) is 0 Å². The van der Waals surface area contributed by atoms with E-state index in [9.17, 15) is 9.59 Å². The highest BCUT2D eigenvalue weighted by Crippen LogP contribution is 2.01. The Hall–Kier alpha value is -1.64. The second-order valence-electron chi connectivity index (χ2n) is 3.59. The summed E-state index contributed by atoms with van der Waals surface area (Å²) in [5.74, 6) is -1.70. The third-order valence-electron chi connectivity index (χ3n) is 2.13. The molecule has 0 saturated heterocycles. The van der Waals surface area contributed by atoms with E-state index < -0.39 is 11.9 Å². The molecule has 0 aromatic heterocycles. The van der Waals surface area contributed by atoms with Crippen LogP contribution in [0.15, 0.2) is 11.8 Å². The van der Waals surface area contributed by atoms with Crippen LogP contribution in [0.1, 0.15) is 0 Å². The molecule has 0 spiro atoms. The van der Waals surface area contributed by atoms with Crippen LogP contribution in [0.3, 0.4) is 0 Å². The lowest BCUT2D eigenvalue weighted by Crippen LogP contribution is -2.15. The molecule has 21 heavy (non-hydrogen) atoms. The second kappa shape index (κ2) is 13.3. The molecule has 0 amide bonds. The van der Waals surface area contributed by atoms with Gasteiger partial charge in [0.25, 0.3) is 0 Å². The Morgan fingerprint density at radius 2 is 1.38 bits per heavy atom. The van der Waals surface area contributed by atoms with Crippen LogP contribution >= 0.6 is 0 Å². The topological polar surface area (TPSA) is 89.5 Å². The normalized spacial score (nSPS) is 11.1. The first-order chi connectivity index (χ1) is 10.2. The van der Waals surface area contributed by atoms with Gasteiger partial charge in [-0.15, -0.1) is 0 Å². The van der Waals surface area contributed by atoms with E-state index in [0.717, 1.165) is 6.08 Å². The molecule has 0 aromatic rings. The van der Waals surface area contributed by atoms with Crippen molar-refractivity contribution in [2.24, 2.45) is 0 Å². The van der Waals surface area contributed by atoms with Crippen LogP contribution in [0, 0.1) is 0 Å². The Bertz CT molecular complexity index is 326. The van der Waals surface area contributed by atoms with Gasteiger partial charge in [-0.2, -0.15) is 0 Å². The second-order valence-corrected chi connectivity index (χ2v) is 3.59. The van der Waals surface area contributed by atoms with E-state index in [1.54, 1.807) is 7.11 Å². The Labute approximate surface area is 123 Å². The molecule has 0 N–H and O–H groups in total. The lowest BCUT2D eigenvalue weighted by molar-refractivity contribution is -0.142. The molecule has 0 aromatic carbocycles. The van der Waals surface area contributed by atoms with Crippen LogP contribution in [0.25, 0.3) is 0 Å². The summed E-state index contributed by atoms with van der Waals surface area (Å²) >= 11 is 0. The van der Waals surface area contributed by atoms with Crippen molar-refractivity contribution in [1.29, 1.82) is 0 Å². The maximum absolute atomic E-state index is 11.3. The fourth-order valence-electron chi connectivity index (χ4n) is 1.10. The van der Waals surface area contributed by atoms with Gasteiger partial charge in [0.15, 0.2) is 0 Å². The van der Waals surface area contributed by atoms with Gasteiger partial charge < -0.3 is 28.4 Å². The van der Waals surface area contributed by atoms with Crippen molar-refractivity contribution in [1.82, 2.24) is 0 Å². The lowest BCUT2D eigenvalue weighted by Gasteiger charge is -2.09. The van der Waals surface area contributed by atoms with Crippen LogP contribution in [0.5, 0.6) is 0 Å². The van der Waals surface area contributed by atoms with Gasteiger partial charge in [-0.25, -0.2) is 9.59 Å². The molecule has 0 radical (unpaired) electrons. The number of carbonyl (C=O) groups is 2. The van der Waals surface area contributed by atoms with E-state index in [1.807, 2.05) is 0 Å². The van der Waals surface area contributed by atoms with Crippen LogP contribution in [0.2, 0.25) is 0 Å². The van der Waals surface area contributed by atoms with Gasteiger partial charge in [0.2, 0.25) is 5.76 Å². The highest BCUT2D eigenvalue weighted by Gasteiger charge is 2.13. The number of rotatable bonds is 12. The standard InChI is InChI=1S/C13H22O8/c1-16-4-5-19-6-7-20-8-9-21-11(13(15)18-3)10-12(14)17-2/h10H,4-9H2,1-3H3/b11-10+. The molecule has 0 aliphatic rings. The van der Waals surface area contributed by atoms with Gasteiger partial charge in [0.1, 0.15) is 6.61 Å².